The molecule has 21 heavy (non-hydrogen) atoms. The highest BCUT2D eigenvalue weighted by molar-refractivity contribution is 5.76. The van der Waals surface area contributed by atoms with Crippen molar-refractivity contribution in [1.82, 2.24) is 9.55 Å². The number of hydrogen-bond donors (Lipinski definition) is 0. The molecule has 1 heterocycles. The fraction of sp³-hybridized carbons (Fsp3) is 0.222. The van der Waals surface area contributed by atoms with Gasteiger partial charge >= 0.3 is 0 Å². The molecule has 0 unspecified atom stereocenters. The molecule has 0 bridgehead atoms. The number of fused-ring (bicyclic) bond motifs is 1. The van der Waals surface area contributed by atoms with E-state index in [1.54, 1.807) is 0 Å². The van der Waals surface area contributed by atoms with Crippen molar-refractivity contribution < 1.29 is 0 Å². The minimum Gasteiger partial charge on any atom is -0.323 e. The first-order valence-corrected chi connectivity index (χ1v) is 7.13. The number of benzene rings is 2. The van der Waals surface area contributed by atoms with Crippen LogP contribution in [0.3, 0.4) is 0 Å². The van der Waals surface area contributed by atoms with E-state index in [-0.39, 0.29) is 0 Å². The van der Waals surface area contributed by atoms with Crippen LogP contribution in [-0.4, -0.2) is 9.55 Å². The molecule has 1 aromatic heterocycles. The zero-order valence-electron chi connectivity index (χ0n) is 12.2. The Morgan fingerprint density at radius 3 is 2.71 bits per heavy atom. The number of nitriles is 1. The van der Waals surface area contributed by atoms with Crippen molar-refractivity contribution >= 4 is 11.0 Å². The highest BCUT2D eigenvalue weighted by Crippen LogP contribution is 2.23. The van der Waals surface area contributed by atoms with E-state index in [0.717, 1.165) is 29.0 Å². The van der Waals surface area contributed by atoms with E-state index in [4.69, 9.17) is 10.2 Å². The lowest BCUT2D eigenvalue weighted by Crippen LogP contribution is -2.06. The molecule has 0 aliphatic carbocycles. The van der Waals surface area contributed by atoms with Crippen molar-refractivity contribution in [3.05, 3.63) is 65.5 Å². The molecule has 0 saturated heterocycles. The summed E-state index contributed by atoms with van der Waals surface area (Å²) in [4.78, 5) is 4.75. The van der Waals surface area contributed by atoms with Crippen molar-refractivity contribution in [2.75, 3.05) is 0 Å². The van der Waals surface area contributed by atoms with E-state index in [2.05, 4.69) is 36.6 Å². The molecular weight excluding hydrogens is 258 g/mol. The maximum Gasteiger partial charge on any atom is 0.112 e. The maximum absolute atomic E-state index is 9.03. The van der Waals surface area contributed by atoms with Gasteiger partial charge in [-0.1, -0.05) is 38.1 Å². The van der Waals surface area contributed by atoms with Crippen LogP contribution in [-0.2, 0) is 6.54 Å². The standard InChI is InChI=1S/C18H17N3/c1-13(2)18-20-16-8-3-4-9-17(16)21(18)12-15-7-5-6-14(10-15)11-19/h3-10,13H,12H2,1-2H3. The van der Waals surface area contributed by atoms with Crippen LogP contribution in [0.25, 0.3) is 11.0 Å². The van der Waals surface area contributed by atoms with E-state index in [1.807, 2.05) is 36.4 Å². The number of para-hydroxylation sites is 2. The van der Waals surface area contributed by atoms with Crippen LogP contribution in [0.2, 0.25) is 0 Å². The minimum absolute atomic E-state index is 0.358. The van der Waals surface area contributed by atoms with Crippen molar-refractivity contribution in [1.29, 1.82) is 5.26 Å². The molecule has 0 aliphatic rings. The normalized spacial score (nSPS) is 11.0. The number of hydrogen-bond acceptors (Lipinski definition) is 2. The summed E-state index contributed by atoms with van der Waals surface area (Å²) < 4.78 is 2.25. The first-order chi connectivity index (χ1) is 10.2. The van der Waals surface area contributed by atoms with Crippen molar-refractivity contribution in [2.45, 2.75) is 26.3 Å². The molecule has 3 rings (SSSR count). The summed E-state index contributed by atoms with van der Waals surface area (Å²) in [5, 5.41) is 9.03. The summed E-state index contributed by atoms with van der Waals surface area (Å²) in [6, 6.07) is 18.2. The number of imidazole rings is 1. The second-order valence-electron chi connectivity index (χ2n) is 5.51. The predicted octanol–water partition coefficient (Wildman–Crippen LogP) is 4.08. The van der Waals surface area contributed by atoms with Gasteiger partial charge in [0.15, 0.2) is 0 Å². The van der Waals surface area contributed by atoms with Crippen LogP contribution in [0.5, 0.6) is 0 Å². The molecule has 0 amide bonds. The lowest BCUT2D eigenvalue weighted by Gasteiger charge is -2.11. The fourth-order valence-electron chi connectivity index (χ4n) is 2.62. The highest BCUT2D eigenvalue weighted by atomic mass is 15.1. The molecule has 3 nitrogen and oxygen atoms in total. The molecule has 0 fully saturated rings. The predicted molar refractivity (Wildman–Crippen MR) is 84.1 cm³/mol. The summed E-state index contributed by atoms with van der Waals surface area (Å²) in [6.07, 6.45) is 0. The van der Waals surface area contributed by atoms with Gasteiger partial charge < -0.3 is 4.57 Å². The molecule has 0 atom stereocenters. The zero-order chi connectivity index (χ0) is 14.8. The Morgan fingerprint density at radius 1 is 1.14 bits per heavy atom. The third kappa shape index (κ3) is 2.53. The monoisotopic (exact) mass is 275 g/mol. The molecule has 0 radical (unpaired) electrons. The van der Waals surface area contributed by atoms with E-state index >= 15 is 0 Å². The largest absolute Gasteiger partial charge is 0.323 e. The third-order valence-electron chi connectivity index (χ3n) is 3.60. The van der Waals surface area contributed by atoms with Crippen molar-refractivity contribution in [3.63, 3.8) is 0 Å². The molecule has 0 saturated carbocycles. The molecule has 2 aromatic carbocycles. The first-order valence-electron chi connectivity index (χ1n) is 7.13. The summed E-state index contributed by atoms with van der Waals surface area (Å²) in [6.45, 7) is 5.05. The average Bonchev–Trinajstić information content (AvgIpc) is 2.87. The Hall–Kier alpha value is -2.60. The number of rotatable bonds is 3. The van der Waals surface area contributed by atoms with E-state index in [9.17, 15) is 0 Å². The molecule has 3 aromatic rings. The molecule has 104 valence electrons. The van der Waals surface area contributed by atoms with Gasteiger partial charge in [-0.2, -0.15) is 5.26 Å². The van der Waals surface area contributed by atoms with Crippen molar-refractivity contribution in [2.24, 2.45) is 0 Å². The van der Waals surface area contributed by atoms with Gasteiger partial charge in [-0.25, -0.2) is 4.98 Å². The van der Waals surface area contributed by atoms with Crippen LogP contribution in [0, 0.1) is 11.3 Å². The van der Waals surface area contributed by atoms with Crippen LogP contribution in [0.4, 0.5) is 0 Å². The SMILES string of the molecule is CC(C)c1nc2ccccc2n1Cc1cccc(C#N)c1. The quantitative estimate of drug-likeness (QED) is 0.722. The Bertz CT molecular complexity index is 822. The number of aromatic nitrogens is 2. The van der Waals surface area contributed by atoms with Crippen LogP contribution in [0.15, 0.2) is 48.5 Å². The van der Waals surface area contributed by atoms with Gasteiger partial charge in [0.25, 0.3) is 0 Å². The second-order valence-corrected chi connectivity index (χ2v) is 5.51. The Balaban J connectivity index is 2.10. The Kier molecular flexibility index (Phi) is 3.45. The van der Waals surface area contributed by atoms with Gasteiger partial charge in [-0.05, 0) is 29.8 Å². The van der Waals surface area contributed by atoms with Crippen molar-refractivity contribution in [3.8, 4) is 6.07 Å². The summed E-state index contributed by atoms with van der Waals surface area (Å²) in [5.74, 6) is 1.44. The van der Waals surface area contributed by atoms with E-state index in [1.165, 1.54) is 0 Å². The maximum atomic E-state index is 9.03. The average molecular weight is 275 g/mol. The summed E-state index contributed by atoms with van der Waals surface area (Å²) in [5.41, 5.74) is 3.99. The summed E-state index contributed by atoms with van der Waals surface area (Å²) >= 11 is 0. The first kappa shape index (κ1) is 13.4. The molecule has 0 spiro atoms. The van der Waals surface area contributed by atoms with Gasteiger partial charge in [-0.15, -0.1) is 0 Å². The van der Waals surface area contributed by atoms with Gasteiger partial charge in [0, 0.05) is 12.5 Å². The highest BCUT2D eigenvalue weighted by Gasteiger charge is 2.13. The fourth-order valence-corrected chi connectivity index (χ4v) is 2.62. The Labute approximate surface area is 124 Å². The van der Waals surface area contributed by atoms with Gasteiger partial charge in [0.1, 0.15) is 5.82 Å². The minimum atomic E-state index is 0.358. The molecule has 0 aliphatic heterocycles. The second kappa shape index (κ2) is 5.41. The molecule has 3 heteroatoms. The molecular formula is C18H17N3. The Morgan fingerprint density at radius 2 is 1.95 bits per heavy atom. The smallest absolute Gasteiger partial charge is 0.112 e. The van der Waals surface area contributed by atoms with Crippen LogP contribution in [0.1, 0.15) is 36.7 Å². The van der Waals surface area contributed by atoms with Gasteiger partial charge in [0.05, 0.1) is 22.7 Å². The topological polar surface area (TPSA) is 41.6 Å². The molecule has 0 N–H and O–H groups in total. The number of nitrogens with zero attached hydrogens (tertiary/aromatic N) is 3. The zero-order valence-corrected chi connectivity index (χ0v) is 12.2. The van der Waals surface area contributed by atoms with E-state index < -0.39 is 0 Å². The van der Waals surface area contributed by atoms with Gasteiger partial charge in [-0.3, -0.25) is 0 Å². The van der Waals surface area contributed by atoms with E-state index in [0.29, 0.717) is 11.5 Å². The van der Waals surface area contributed by atoms with Gasteiger partial charge in [0.2, 0.25) is 0 Å². The third-order valence-corrected chi connectivity index (χ3v) is 3.60. The summed E-state index contributed by atoms with van der Waals surface area (Å²) in [7, 11) is 0. The lowest BCUT2D eigenvalue weighted by molar-refractivity contribution is 0.683. The lowest BCUT2D eigenvalue weighted by atomic mass is 10.1. The van der Waals surface area contributed by atoms with Crippen LogP contribution >= 0.6 is 0 Å². The van der Waals surface area contributed by atoms with Crippen LogP contribution < -0.4 is 0 Å².